The van der Waals surface area contributed by atoms with Crippen LogP contribution in [-0.2, 0) is 9.53 Å². The van der Waals surface area contributed by atoms with Gasteiger partial charge in [0.2, 0.25) is 0 Å². The van der Waals surface area contributed by atoms with Crippen molar-refractivity contribution in [3.05, 3.63) is 0 Å². The van der Waals surface area contributed by atoms with Gasteiger partial charge in [-0.2, -0.15) is 0 Å². The van der Waals surface area contributed by atoms with Crippen LogP contribution in [0.4, 0.5) is 4.79 Å². The van der Waals surface area contributed by atoms with Crippen LogP contribution in [0.1, 0.15) is 27.7 Å². The van der Waals surface area contributed by atoms with E-state index in [0.29, 0.717) is 13.2 Å². The lowest BCUT2D eigenvalue weighted by Gasteiger charge is -2.21. The van der Waals surface area contributed by atoms with Crippen LogP contribution in [0.2, 0.25) is 0 Å². The lowest BCUT2D eigenvalue weighted by Crippen LogP contribution is -2.45. The maximum absolute atomic E-state index is 11.5. The Bertz CT molecular complexity index is 217. The van der Waals surface area contributed by atoms with Crippen LogP contribution < -0.4 is 5.32 Å². The van der Waals surface area contributed by atoms with Gasteiger partial charge in [-0.15, -0.1) is 0 Å². The molecule has 0 unspecified atom stereocenters. The van der Waals surface area contributed by atoms with Gasteiger partial charge in [-0.05, 0) is 27.7 Å². The fourth-order valence-corrected chi connectivity index (χ4v) is 1.03. The molecule has 0 atom stereocenters. The Morgan fingerprint density at radius 2 is 1.93 bits per heavy atom. The van der Waals surface area contributed by atoms with E-state index >= 15 is 0 Å². The van der Waals surface area contributed by atoms with Crippen molar-refractivity contribution >= 4 is 12.0 Å². The molecule has 0 rings (SSSR count). The number of nitrogens with zero attached hydrogens (tertiary/aromatic N) is 1. The minimum Gasteiger partial charge on any atom is -0.465 e. The van der Waals surface area contributed by atoms with Gasteiger partial charge >= 0.3 is 12.0 Å². The van der Waals surface area contributed by atoms with E-state index < -0.39 is 0 Å². The summed E-state index contributed by atoms with van der Waals surface area (Å²) in [5, 5.41) is 2.72. The maximum Gasteiger partial charge on any atom is 0.325 e. The summed E-state index contributed by atoms with van der Waals surface area (Å²) in [7, 11) is 0. The highest BCUT2D eigenvalue weighted by atomic mass is 16.5. The first kappa shape index (κ1) is 13.7. The Morgan fingerprint density at radius 1 is 1.33 bits per heavy atom. The largest absolute Gasteiger partial charge is 0.465 e. The van der Waals surface area contributed by atoms with E-state index in [1.807, 2.05) is 20.8 Å². The first-order valence-corrected chi connectivity index (χ1v) is 5.22. The number of nitrogens with one attached hydrogen (secondary N) is 1. The number of rotatable bonds is 5. The van der Waals surface area contributed by atoms with Gasteiger partial charge in [0.25, 0.3) is 0 Å². The second-order valence-corrected chi connectivity index (χ2v) is 3.42. The zero-order chi connectivity index (χ0) is 11.8. The van der Waals surface area contributed by atoms with E-state index in [4.69, 9.17) is 4.74 Å². The second kappa shape index (κ2) is 7.09. The van der Waals surface area contributed by atoms with E-state index in [0.717, 1.165) is 0 Å². The van der Waals surface area contributed by atoms with Crippen LogP contribution in [-0.4, -0.2) is 42.6 Å². The summed E-state index contributed by atoms with van der Waals surface area (Å²) in [6.45, 7) is 8.12. The standard InChI is InChI=1S/C10H20N2O3/c1-5-12(7-9(13)15-6-2)10(14)11-8(3)4/h8H,5-7H2,1-4H3,(H,11,14). The zero-order valence-corrected chi connectivity index (χ0v) is 9.87. The van der Waals surface area contributed by atoms with Crippen molar-refractivity contribution in [2.45, 2.75) is 33.7 Å². The molecule has 0 spiro atoms. The van der Waals surface area contributed by atoms with Crippen molar-refractivity contribution < 1.29 is 14.3 Å². The van der Waals surface area contributed by atoms with Crippen LogP contribution in [0.3, 0.4) is 0 Å². The molecule has 0 radical (unpaired) electrons. The number of carbonyl (C=O) groups is 2. The molecule has 0 saturated heterocycles. The third-order valence-electron chi connectivity index (χ3n) is 1.71. The van der Waals surface area contributed by atoms with Crippen LogP contribution in [0.5, 0.6) is 0 Å². The highest BCUT2D eigenvalue weighted by Crippen LogP contribution is 1.92. The Morgan fingerprint density at radius 3 is 2.33 bits per heavy atom. The van der Waals surface area contributed by atoms with Gasteiger partial charge in [0.1, 0.15) is 6.54 Å². The molecular formula is C10H20N2O3. The first-order valence-electron chi connectivity index (χ1n) is 5.22. The Labute approximate surface area is 90.8 Å². The predicted octanol–water partition coefficient (Wildman–Crippen LogP) is 0.989. The highest BCUT2D eigenvalue weighted by molar-refractivity contribution is 5.81. The van der Waals surface area contributed by atoms with Crippen LogP contribution in [0.25, 0.3) is 0 Å². The van der Waals surface area contributed by atoms with Gasteiger partial charge in [-0.25, -0.2) is 4.79 Å². The molecule has 5 heteroatoms. The number of urea groups is 1. The molecule has 15 heavy (non-hydrogen) atoms. The van der Waals surface area contributed by atoms with Crippen molar-refractivity contribution in [1.82, 2.24) is 10.2 Å². The minimum atomic E-state index is -0.377. The third kappa shape index (κ3) is 5.93. The van der Waals surface area contributed by atoms with E-state index in [9.17, 15) is 9.59 Å². The number of carbonyl (C=O) groups excluding carboxylic acids is 2. The molecule has 1 N–H and O–H groups in total. The summed E-state index contributed by atoms with van der Waals surface area (Å²) in [5.74, 6) is -0.377. The molecular weight excluding hydrogens is 196 g/mol. The fraction of sp³-hybridized carbons (Fsp3) is 0.800. The molecule has 0 fully saturated rings. The average Bonchev–Trinajstić information content (AvgIpc) is 2.13. The lowest BCUT2D eigenvalue weighted by molar-refractivity contribution is -0.143. The van der Waals surface area contributed by atoms with Gasteiger partial charge in [0, 0.05) is 12.6 Å². The number of ether oxygens (including phenoxy) is 1. The predicted molar refractivity (Wildman–Crippen MR) is 57.5 cm³/mol. The maximum atomic E-state index is 11.5. The van der Waals surface area contributed by atoms with Crippen molar-refractivity contribution in [1.29, 1.82) is 0 Å². The summed E-state index contributed by atoms with van der Waals surface area (Å²) in [6.07, 6.45) is 0. The molecule has 0 heterocycles. The number of amides is 2. The summed E-state index contributed by atoms with van der Waals surface area (Å²) in [4.78, 5) is 24.1. The molecule has 2 amide bonds. The topological polar surface area (TPSA) is 58.6 Å². The molecule has 0 aliphatic rings. The first-order chi connectivity index (χ1) is 7.01. The number of likely N-dealkylation sites (N-methyl/N-ethyl adjacent to an activating group) is 1. The second-order valence-electron chi connectivity index (χ2n) is 3.42. The van der Waals surface area contributed by atoms with Crippen molar-refractivity contribution in [3.8, 4) is 0 Å². The molecule has 0 aromatic rings. The van der Waals surface area contributed by atoms with Gasteiger partial charge in [0.05, 0.1) is 6.61 Å². The SMILES string of the molecule is CCOC(=O)CN(CC)C(=O)NC(C)C. The molecule has 0 aromatic heterocycles. The molecule has 0 bridgehead atoms. The van der Waals surface area contributed by atoms with E-state index in [1.165, 1.54) is 4.90 Å². The normalized spacial score (nSPS) is 9.93. The Kier molecular flexibility index (Phi) is 6.49. The zero-order valence-electron chi connectivity index (χ0n) is 9.87. The van der Waals surface area contributed by atoms with Crippen LogP contribution in [0.15, 0.2) is 0 Å². The van der Waals surface area contributed by atoms with Crippen LogP contribution >= 0.6 is 0 Å². The van der Waals surface area contributed by atoms with Crippen LogP contribution in [0, 0.1) is 0 Å². The molecule has 0 saturated carbocycles. The number of hydrogen-bond acceptors (Lipinski definition) is 3. The van der Waals surface area contributed by atoms with Gasteiger partial charge in [-0.3, -0.25) is 4.79 Å². The number of esters is 1. The lowest BCUT2D eigenvalue weighted by atomic mass is 10.4. The fourth-order valence-electron chi connectivity index (χ4n) is 1.03. The smallest absolute Gasteiger partial charge is 0.325 e. The molecule has 0 aromatic carbocycles. The average molecular weight is 216 g/mol. The molecule has 88 valence electrons. The van der Waals surface area contributed by atoms with Crippen molar-refractivity contribution in [3.63, 3.8) is 0 Å². The van der Waals surface area contributed by atoms with E-state index in [-0.39, 0.29) is 24.6 Å². The molecule has 5 nitrogen and oxygen atoms in total. The monoisotopic (exact) mass is 216 g/mol. The van der Waals surface area contributed by atoms with Gasteiger partial charge in [0.15, 0.2) is 0 Å². The Balaban J connectivity index is 4.12. The summed E-state index contributed by atoms with van der Waals surface area (Å²) < 4.78 is 4.77. The highest BCUT2D eigenvalue weighted by Gasteiger charge is 2.16. The quantitative estimate of drug-likeness (QED) is 0.697. The van der Waals surface area contributed by atoms with Crippen molar-refractivity contribution in [2.24, 2.45) is 0 Å². The van der Waals surface area contributed by atoms with Crippen molar-refractivity contribution in [2.75, 3.05) is 19.7 Å². The minimum absolute atomic E-state index is 0.00287. The van der Waals surface area contributed by atoms with E-state index in [1.54, 1.807) is 6.92 Å². The summed E-state index contributed by atoms with van der Waals surface area (Å²) >= 11 is 0. The Hall–Kier alpha value is -1.26. The molecule has 0 aliphatic carbocycles. The molecule has 0 aliphatic heterocycles. The van der Waals surface area contributed by atoms with Gasteiger partial charge in [-0.1, -0.05) is 0 Å². The third-order valence-corrected chi connectivity index (χ3v) is 1.71. The van der Waals surface area contributed by atoms with Gasteiger partial charge < -0.3 is 15.0 Å². The van der Waals surface area contributed by atoms with E-state index in [2.05, 4.69) is 5.32 Å². The summed E-state index contributed by atoms with van der Waals surface area (Å²) in [6, 6.07) is -0.172. The summed E-state index contributed by atoms with van der Waals surface area (Å²) in [5.41, 5.74) is 0. The number of hydrogen-bond donors (Lipinski definition) is 1.